The Morgan fingerprint density at radius 1 is 1.29 bits per heavy atom. The summed E-state index contributed by atoms with van der Waals surface area (Å²) >= 11 is 0. The summed E-state index contributed by atoms with van der Waals surface area (Å²) in [4.78, 5) is 2.34. The van der Waals surface area contributed by atoms with E-state index in [1.54, 1.807) is 0 Å². The topological polar surface area (TPSA) is 39.1 Å². The maximum atomic E-state index is 9.20. The minimum Gasteiger partial charge on any atom is -0.303 e. The third-order valence-electron chi connectivity index (χ3n) is 3.69. The minimum absolute atomic E-state index is 0.274. The highest BCUT2D eigenvalue weighted by molar-refractivity contribution is 5.03. The quantitative estimate of drug-likeness (QED) is 0.774. The van der Waals surface area contributed by atoms with E-state index in [4.69, 9.17) is 0 Å². The molecule has 0 aliphatic heterocycles. The van der Waals surface area contributed by atoms with E-state index in [9.17, 15) is 5.26 Å². The molecule has 1 N–H and O–H groups in total. The molecule has 2 atom stereocenters. The highest BCUT2D eigenvalue weighted by atomic mass is 15.1. The van der Waals surface area contributed by atoms with Crippen LogP contribution in [-0.4, -0.2) is 36.6 Å². The summed E-state index contributed by atoms with van der Waals surface area (Å²) in [6.07, 6.45) is 0.855. The Balaban J connectivity index is 4.33. The summed E-state index contributed by atoms with van der Waals surface area (Å²) < 4.78 is 0. The zero-order valence-corrected chi connectivity index (χ0v) is 12.6. The summed E-state index contributed by atoms with van der Waals surface area (Å²) in [5, 5.41) is 12.5. The van der Waals surface area contributed by atoms with Crippen LogP contribution < -0.4 is 5.32 Å². The van der Waals surface area contributed by atoms with Crippen molar-refractivity contribution < 1.29 is 0 Å². The zero-order chi connectivity index (χ0) is 13.7. The lowest BCUT2D eigenvalue weighted by atomic mass is 9.86. The fraction of sp³-hybridized carbons (Fsp3) is 0.929. The number of nitriles is 1. The summed E-state index contributed by atoms with van der Waals surface area (Å²) in [7, 11) is 2.14. The molecule has 0 fully saturated rings. The van der Waals surface area contributed by atoms with Gasteiger partial charge in [0.05, 0.1) is 6.07 Å². The first-order valence-corrected chi connectivity index (χ1v) is 6.53. The van der Waals surface area contributed by atoms with Gasteiger partial charge in [-0.05, 0) is 39.3 Å². The molecule has 0 aromatic carbocycles. The van der Waals surface area contributed by atoms with Gasteiger partial charge < -0.3 is 4.90 Å². The molecule has 0 saturated carbocycles. The van der Waals surface area contributed by atoms with Crippen molar-refractivity contribution in [3.8, 4) is 6.07 Å². The molecule has 0 bridgehead atoms. The van der Waals surface area contributed by atoms with Gasteiger partial charge in [0.1, 0.15) is 5.54 Å². The van der Waals surface area contributed by atoms with Gasteiger partial charge in [0.2, 0.25) is 0 Å². The van der Waals surface area contributed by atoms with Crippen molar-refractivity contribution in [2.24, 2.45) is 5.41 Å². The van der Waals surface area contributed by atoms with Gasteiger partial charge in [-0.15, -0.1) is 0 Å². The van der Waals surface area contributed by atoms with Gasteiger partial charge in [0.15, 0.2) is 0 Å². The standard InChI is InChI=1S/C14H29N3/c1-8-16-14(6,11-15)9-10-17(7)12(2)13(3,4)5/h12,16H,8-10H2,1-7H3. The third-order valence-corrected chi connectivity index (χ3v) is 3.69. The van der Waals surface area contributed by atoms with Crippen LogP contribution in [-0.2, 0) is 0 Å². The average molecular weight is 239 g/mol. The molecule has 0 rings (SSSR count). The van der Waals surface area contributed by atoms with Gasteiger partial charge in [-0.1, -0.05) is 27.7 Å². The van der Waals surface area contributed by atoms with E-state index in [1.807, 2.05) is 13.8 Å². The van der Waals surface area contributed by atoms with E-state index in [-0.39, 0.29) is 5.41 Å². The molecule has 3 nitrogen and oxygen atoms in total. The Labute approximate surface area is 107 Å². The number of nitrogens with one attached hydrogen (secondary N) is 1. The van der Waals surface area contributed by atoms with Crippen molar-refractivity contribution in [1.82, 2.24) is 10.2 Å². The van der Waals surface area contributed by atoms with Crippen molar-refractivity contribution in [2.75, 3.05) is 20.1 Å². The lowest BCUT2D eigenvalue weighted by Gasteiger charge is -2.36. The molecule has 100 valence electrons. The molecule has 0 aliphatic rings. The largest absolute Gasteiger partial charge is 0.303 e. The Bertz CT molecular complexity index is 262. The van der Waals surface area contributed by atoms with Gasteiger partial charge in [-0.25, -0.2) is 0 Å². The first-order valence-electron chi connectivity index (χ1n) is 6.53. The van der Waals surface area contributed by atoms with Gasteiger partial charge in [-0.3, -0.25) is 5.32 Å². The summed E-state index contributed by atoms with van der Waals surface area (Å²) in [6.45, 7) is 14.8. The maximum absolute atomic E-state index is 9.20. The first-order chi connectivity index (χ1) is 7.66. The van der Waals surface area contributed by atoms with Crippen molar-refractivity contribution in [2.45, 2.75) is 59.5 Å². The van der Waals surface area contributed by atoms with Crippen molar-refractivity contribution in [3.05, 3.63) is 0 Å². The molecule has 0 aromatic heterocycles. The Morgan fingerprint density at radius 2 is 1.82 bits per heavy atom. The molecule has 0 spiro atoms. The monoisotopic (exact) mass is 239 g/mol. The van der Waals surface area contributed by atoms with Crippen LogP contribution in [0.1, 0.15) is 48.0 Å². The lowest BCUT2D eigenvalue weighted by Crippen LogP contribution is -2.46. The molecule has 0 aliphatic carbocycles. The van der Waals surface area contributed by atoms with Crippen LogP contribution in [0.5, 0.6) is 0 Å². The second-order valence-corrected chi connectivity index (χ2v) is 6.25. The number of hydrogen-bond donors (Lipinski definition) is 1. The van der Waals surface area contributed by atoms with E-state index in [2.05, 4.69) is 51.0 Å². The van der Waals surface area contributed by atoms with Crippen LogP contribution >= 0.6 is 0 Å². The molecule has 2 unspecified atom stereocenters. The third kappa shape index (κ3) is 5.52. The van der Waals surface area contributed by atoms with Crippen LogP contribution in [0.15, 0.2) is 0 Å². The van der Waals surface area contributed by atoms with Crippen LogP contribution in [0.3, 0.4) is 0 Å². The second-order valence-electron chi connectivity index (χ2n) is 6.25. The summed E-state index contributed by atoms with van der Waals surface area (Å²) in [6, 6.07) is 2.88. The van der Waals surface area contributed by atoms with Gasteiger partial charge in [0, 0.05) is 12.6 Å². The highest BCUT2D eigenvalue weighted by Crippen LogP contribution is 2.23. The predicted octanol–water partition coefficient (Wildman–Crippen LogP) is 2.63. The van der Waals surface area contributed by atoms with Crippen LogP contribution in [0.4, 0.5) is 0 Å². The zero-order valence-electron chi connectivity index (χ0n) is 12.6. The summed E-state index contributed by atoms with van der Waals surface area (Å²) in [5.41, 5.74) is -0.128. The lowest BCUT2D eigenvalue weighted by molar-refractivity contribution is 0.132. The molecule has 0 saturated heterocycles. The molecule has 0 amide bonds. The molecular weight excluding hydrogens is 210 g/mol. The van der Waals surface area contributed by atoms with E-state index in [0.717, 1.165) is 19.5 Å². The van der Waals surface area contributed by atoms with Gasteiger partial charge >= 0.3 is 0 Å². The normalized spacial score (nSPS) is 17.6. The summed E-state index contributed by atoms with van der Waals surface area (Å²) in [5.74, 6) is 0. The fourth-order valence-electron chi connectivity index (χ4n) is 1.83. The predicted molar refractivity (Wildman–Crippen MR) is 73.9 cm³/mol. The smallest absolute Gasteiger partial charge is 0.105 e. The molecular formula is C14H29N3. The molecule has 17 heavy (non-hydrogen) atoms. The van der Waals surface area contributed by atoms with E-state index in [1.165, 1.54) is 0 Å². The van der Waals surface area contributed by atoms with Crippen LogP contribution in [0, 0.1) is 16.7 Å². The average Bonchev–Trinajstić information content (AvgIpc) is 2.24. The molecule has 0 radical (unpaired) electrons. The number of rotatable bonds is 6. The van der Waals surface area contributed by atoms with E-state index >= 15 is 0 Å². The van der Waals surface area contributed by atoms with Gasteiger partial charge in [0.25, 0.3) is 0 Å². The SMILES string of the molecule is CCNC(C)(C#N)CCN(C)C(C)C(C)(C)C. The maximum Gasteiger partial charge on any atom is 0.105 e. The highest BCUT2D eigenvalue weighted by Gasteiger charge is 2.27. The molecule has 3 heteroatoms. The van der Waals surface area contributed by atoms with Gasteiger partial charge in [-0.2, -0.15) is 5.26 Å². The number of nitrogens with zero attached hydrogens (tertiary/aromatic N) is 2. The first kappa shape index (κ1) is 16.4. The molecule has 0 aromatic rings. The van der Waals surface area contributed by atoms with Crippen molar-refractivity contribution in [1.29, 1.82) is 5.26 Å². The number of hydrogen-bond acceptors (Lipinski definition) is 3. The van der Waals surface area contributed by atoms with E-state index < -0.39 is 5.54 Å². The fourth-order valence-corrected chi connectivity index (χ4v) is 1.83. The Morgan fingerprint density at radius 3 is 2.18 bits per heavy atom. The minimum atomic E-state index is -0.402. The second kappa shape index (κ2) is 6.37. The Hall–Kier alpha value is -0.590. The van der Waals surface area contributed by atoms with Crippen LogP contribution in [0.2, 0.25) is 0 Å². The van der Waals surface area contributed by atoms with Crippen molar-refractivity contribution >= 4 is 0 Å². The van der Waals surface area contributed by atoms with Crippen LogP contribution in [0.25, 0.3) is 0 Å². The Kier molecular flexibility index (Phi) is 6.15. The van der Waals surface area contributed by atoms with E-state index in [0.29, 0.717) is 6.04 Å². The molecule has 0 heterocycles. The van der Waals surface area contributed by atoms with Crippen molar-refractivity contribution in [3.63, 3.8) is 0 Å².